The lowest BCUT2D eigenvalue weighted by molar-refractivity contribution is -0.142. The van der Waals surface area contributed by atoms with Crippen molar-refractivity contribution in [2.75, 3.05) is 0 Å². The van der Waals surface area contributed by atoms with Gasteiger partial charge in [0, 0.05) is 0 Å². The Bertz CT molecular complexity index is 202. The molecule has 0 saturated heterocycles. The van der Waals surface area contributed by atoms with Crippen LogP contribution in [0.5, 0.6) is 0 Å². The smallest absolute Gasteiger partial charge is 0.320 e. The van der Waals surface area contributed by atoms with Crippen LogP contribution >= 0.6 is 0 Å². The highest BCUT2D eigenvalue weighted by atomic mass is 16.4. The van der Waals surface area contributed by atoms with E-state index in [1.54, 1.807) is 13.8 Å². The molecule has 0 spiro atoms. The summed E-state index contributed by atoms with van der Waals surface area (Å²) in [4.78, 5) is 20.9. The molecule has 0 heterocycles. The van der Waals surface area contributed by atoms with Crippen LogP contribution in [0, 0.1) is 11.8 Å². The van der Waals surface area contributed by atoms with E-state index in [0.29, 0.717) is 0 Å². The quantitative estimate of drug-likeness (QED) is 0.571. The molecule has 0 rings (SSSR count). The van der Waals surface area contributed by atoms with Crippen molar-refractivity contribution in [3.63, 3.8) is 0 Å². The number of aliphatic carboxylic acids is 2. The largest absolute Gasteiger partial charge is 0.481 e. The maximum atomic E-state index is 10.5. The minimum atomic E-state index is -1.15. The number of carboxylic acid groups (broad SMARTS) is 2. The van der Waals surface area contributed by atoms with Crippen LogP contribution in [0.2, 0.25) is 0 Å². The van der Waals surface area contributed by atoms with Crippen LogP contribution in [-0.2, 0) is 9.59 Å². The number of hydrogen-bond acceptors (Lipinski definition) is 3. The molecule has 0 radical (unpaired) electrons. The van der Waals surface area contributed by atoms with Gasteiger partial charge in [-0.2, -0.15) is 0 Å². The number of carbonyl (C=O) groups is 2. The molecule has 0 saturated carbocycles. The first kappa shape index (κ1) is 11.9. The Labute approximate surface area is 76.5 Å². The van der Waals surface area contributed by atoms with E-state index in [4.69, 9.17) is 15.9 Å². The molecule has 76 valence electrons. The number of rotatable bonds is 5. The standard InChI is InChI=1S/C8H15NO4/c1-4(2)5(3-6(10)11)7(9)8(12)13/h4-5,7H,3,9H2,1-2H3,(H,10,11)(H,12,13)/t5?,7-/m0/s1. The Morgan fingerprint density at radius 1 is 1.31 bits per heavy atom. The van der Waals surface area contributed by atoms with Crippen LogP contribution < -0.4 is 5.73 Å². The molecule has 0 fully saturated rings. The first-order valence-electron chi connectivity index (χ1n) is 4.06. The molecule has 5 heteroatoms. The maximum absolute atomic E-state index is 10.5. The van der Waals surface area contributed by atoms with Crippen LogP contribution in [-0.4, -0.2) is 28.2 Å². The van der Waals surface area contributed by atoms with Gasteiger partial charge in [-0.3, -0.25) is 9.59 Å². The molecular weight excluding hydrogens is 174 g/mol. The monoisotopic (exact) mass is 189 g/mol. The zero-order chi connectivity index (χ0) is 10.6. The van der Waals surface area contributed by atoms with Crippen LogP contribution in [0.3, 0.4) is 0 Å². The number of carboxylic acids is 2. The zero-order valence-corrected chi connectivity index (χ0v) is 7.73. The molecule has 4 N–H and O–H groups in total. The van der Waals surface area contributed by atoms with Crippen LogP contribution in [0.15, 0.2) is 0 Å². The summed E-state index contributed by atoms with van der Waals surface area (Å²) in [5.74, 6) is -2.74. The van der Waals surface area contributed by atoms with E-state index in [-0.39, 0.29) is 12.3 Å². The van der Waals surface area contributed by atoms with Gasteiger partial charge in [-0.15, -0.1) is 0 Å². The van der Waals surface area contributed by atoms with Crippen molar-refractivity contribution in [2.45, 2.75) is 26.3 Å². The Kier molecular flexibility index (Phi) is 4.40. The lowest BCUT2D eigenvalue weighted by Crippen LogP contribution is -2.41. The molecule has 0 aliphatic heterocycles. The van der Waals surface area contributed by atoms with Gasteiger partial charge in [-0.05, 0) is 11.8 Å². The zero-order valence-electron chi connectivity index (χ0n) is 7.73. The predicted molar refractivity (Wildman–Crippen MR) is 46.2 cm³/mol. The second-order valence-electron chi connectivity index (χ2n) is 3.37. The molecule has 2 atom stereocenters. The topological polar surface area (TPSA) is 101 Å². The Morgan fingerprint density at radius 3 is 2.00 bits per heavy atom. The van der Waals surface area contributed by atoms with E-state index in [2.05, 4.69) is 0 Å². The summed E-state index contributed by atoms with van der Waals surface area (Å²) < 4.78 is 0. The minimum absolute atomic E-state index is 0.0535. The van der Waals surface area contributed by atoms with Gasteiger partial charge in [0.25, 0.3) is 0 Å². The average molecular weight is 189 g/mol. The molecule has 0 amide bonds. The first-order valence-corrected chi connectivity index (χ1v) is 4.06. The van der Waals surface area contributed by atoms with E-state index < -0.39 is 23.9 Å². The molecule has 0 aromatic rings. The fraction of sp³-hybridized carbons (Fsp3) is 0.750. The summed E-state index contributed by atoms with van der Waals surface area (Å²) in [7, 11) is 0. The van der Waals surface area contributed by atoms with Crippen molar-refractivity contribution in [3.05, 3.63) is 0 Å². The Morgan fingerprint density at radius 2 is 1.77 bits per heavy atom. The van der Waals surface area contributed by atoms with E-state index in [9.17, 15) is 9.59 Å². The van der Waals surface area contributed by atoms with Crippen molar-refractivity contribution >= 4 is 11.9 Å². The van der Waals surface area contributed by atoms with E-state index >= 15 is 0 Å². The summed E-state index contributed by atoms with van der Waals surface area (Å²) in [6, 6.07) is -1.10. The Hall–Kier alpha value is -1.10. The summed E-state index contributed by atoms with van der Waals surface area (Å²) in [5, 5.41) is 17.1. The Balaban J connectivity index is 4.41. The van der Waals surface area contributed by atoms with Crippen molar-refractivity contribution in [3.8, 4) is 0 Å². The third kappa shape index (κ3) is 3.89. The van der Waals surface area contributed by atoms with Gasteiger partial charge in [0.15, 0.2) is 0 Å². The second-order valence-corrected chi connectivity index (χ2v) is 3.37. The molecule has 0 aliphatic carbocycles. The fourth-order valence-corrected chi connectivity index (χ4v) is 1.16. The molecular formula is C8H15NO4. The van der Waals surface area contributed by atoms with Gasteiger partial charge in [0.05, 0.1) is 6.42 Å². The normalized spacial score (nSPS) is 15.4. The third-order valence-corrected chi connectivity index (χ3v) is 2.01. The molecule has 13 heavy (non-hydrogen) atoms. The van der Waals surface area contributed by atoms with Crippen LogP contribution in [0.25, 0.3) is 0 Å². The molecule has 0 bridgehead atoms. The molecule has 0 aromatic heterocycles. The van der Waals surface area contributed by atoms with Crippen molar-refractivity contribution < 1.29 is 19.8 Å². The molecule has 5 nitrogen and oxygen atoms in total. The minimum Gasteiger partial charge on any atom is -0.481 e. The lowest BCUT2D eigenvalue weighted by Gasteiger charge is -2.22. The molecule has 1 unspecified atom stereocenters. The van der Waals surface area contributed by atoms with Gasteiger partial charge in [0.1, 0.15) is 6.04 Å². The van der Waals surface area contributed by atoms with Gasteiger partial charge < -0.3 is 15.9 Å². The lowest BCUT2D eigenvalue weighted by atomic mass is 9.86. The predicted octanol–water partition coefficient (Wildman–Crippen LogP) is 0.145. The SMILES string of the molecule is CC(C)C(CC(=O)O)[C@H](N)C(=O)O. The summed E-state index contributed by atoms with van der Waals surface area (Å²) in [5.41, 5.74) is 5.35. The van der Waals surface area contributed by atoms with Crippen molar-refractivity contribution in [1.29, 1.82) is 0 Å². The van der Waals surface area contributed by atoms with Gasteiger partial charge in [0.2, 0.25) is 0 Å². The maximum Gasteiger partial charge on any atom is 0.320 e. The van der Waals surface area contributed by atoms with Crippen LogP contribution in [0.1, 0.15) is 20.3 Å². The van der Waals surface area contributed by atoms with Gasteiger partial charge in [-0.1, -0.05) is 13.8 Å². The number of nitrogens with two attached hydrogens (primary N) is 1. The van der Waals surface area contributed by atoms with E-state index in [0.717, 1.165) is 0 Å². The summed E-state index contributed by atoms with van der Waals surface area (Å²) in [6.07, 6.45) is -0.203. The summed E-state index contributed by atoms with van der Waals surface area (Å²) in [6.45, 7) is 3.52. The highest BCUT2D eigenvalue weighted by Crippen LogP contribution is 2.18. The van der Waals surface area contributed by atoms with Crippen LogP contribution in [0.4, 0.5) is 0 Å². The average Bonchev–Trinajstić information content (AvgIpc) is 1.97. The second kappa shape index (κ2) is 4.81. The highest BCUT2D eigenvalue weighted by Gasteiger charge is 2.28. The highest BCUT2D eigenvalue weighted by molar-refractivity contribution is 5.75. The van der Waals surface area contributed by atoms with Gasteiger partial charge >= 0.3 is 11.9 Å². The van der Waals surface area contributed by atoms with Crippen molar-refractivity contribution in [1.82, 2.24) is 0 Å². The number of hydrogen-bond donors (Lipinski definition) is 3. The fourth-order valence-electron chi connectivity index (χ4n) is 1.16. The van der Waals surface area contributed by atoms with E-state index in [1.807, 2.05) is 0 Å². The summed E-state index contributed by atoms with van der Waals surface area (Å²) >= 11 is 0. The van der Waals surface area contributed by atoms with E-state index in [1.165, 1.54) is 0 Å². The van der Waals surface area contributed by atoms with Crippen molar-refractivity contribution in [2.24, 2.45) is 17.6 Å². The molecule has 0 aromatic carbocycles. The third-order valence-electron chi connectivity index (χ3n) is 2.01. The first-order chi connectivity index (χ1) is 5.86. The molecule has 0 aliphatic rings. The van der Waals surface area contributed by atoms with Gasteiger partial charge in [-0.25, -0.2) is 0 Å².